The van der Waals surface area contributed by atoms with Gasteiger partial charge in [0.25, 0.3) is 0 Å². The molecule has 0 aromatic carbocycles. The maximum atomic E-state index is 11.2. The zero-order chi connectivity index (χ0) is 10.6. The lowest BCUT2D eigenvalue weighted by Crippen LogP contribution is -2.33. The minimum atomic E-state index is -3.87. The molecule has 0 spiro atoms. The molecule has 0 amide bonds. The van der Waals surface area contributed by atoms with Crippen molar-refractivity contribution in [3.05, 3.63) is 0 Å². The van der Waals surface area contributed by atoms with Crippen molar-refractivity contribution in [1.29, 1.82) is 0 Å². The average Bonchev–Trinajstić information content (AvgIpc) is 2.18. The maximum Gasteiger partial charge on any atom is 0.472 e. The first-order chi connectivity index (χ1) is 6.59. The number of phosphoric ester groups is 1. The van der Waals surface area contributed by atoms with E-state index in [1.807, 2.05) is 0 Å². The van der Waals surface area contributed by atoms with Gasteiger partial charge in [-0.2, -0.15) is 0 Å². The summed E-state index contributed by atoms with van der Waals surface area (Å²) in [6.07, 6.45) is 3.25. The fourth-order valence-corrected chi connectivity index (χ4v) is 2.34. The monoisotopic (exact) mass is 224 g/mol. The smallest absolute Gasteiger partial charge is 0.379 e. The van der Waals surface area contributed by atoms with Crippen molar-refractivity contribution < 1.29 is 23.2 Å². The van der Waals surface area contributed by atoms with Gasteiger partial charge in [-0.25, -0.2) is 4.57 Å². The Morgan fingerprint density at radius 1 is 1.21 bits per heavy atom. The minimum Gasteiger partial charge on any atom is -0.379 e. The van der Waals surface area contributed by atoms with E-state index in [0.717, 1.165) is 32.8 Å². The molecule has 6 heteroatoms. The molecular formula is C8H17O5P. The predicted octanol–water partition coefficient (Wildman–Crippen LogP) is 1.71. The number of hydrogen-bond donors (Lipinski definition) is 1. The molecule has 0 aromatic rings. The van der Waals surface area contributed by atoms with E-state index in [1.165, 1.54) is 0 Å². The van der Waals surface area contributed by atoms with Crippen LogP contribution in [0.1, 0.15) is 25.7 Å². The fraction of sp³-hybridized carbons (Fsp3) is 1.00. The van der Waals surface area contributed by atoms with Gasteiger partial charge < -0.3 is 9.63 Å². The van der Waals surface area contributed by atoms with Crippen molar-refractivity contribution in [2.45, 2.75) is 37.9 Å². The van der Waals surface area contributed by atoms with Crippen LogP contribution in [-0.2, 0) is 18.3 Å². The standard InChI is InChI=1S/C8H17O5P/c1-11-7-5-3-4-6-8(7)13-14(9,10)12-2/h7-8H,3-6H2,1-2H3,(H,9,10). The van der Waals surface area contributed by atoms with E-state index in [0.29, 0.717) is 0 Å². The summed E-state index contributed by atoms with van der Waals surface area (Å²) in [5, 5.41) is 0. The van der Waals surface area contributed by atoms with Crippen LogP contribution in [0.3, 0.4) is 0 Å². The van der Waals surface area contributed by atoms with Gasteiger partial charge in [-0.3, -0.25) is 9.05 Å². The Kier molecular flexibility index (Phi) is 4.54. The molecule has 1 saturated carbocycles. The molecule has 0 bridgehead atoms. The van der Waals surface area contributed by atoms with Gasteiger partial charge in [0.2, 0.25) is 0 Å². The lowest BCUT2D eigenvalue weighted by molar-refractivity contribution is -0.0362. The number of rotatable bonds is 4. The summed E-state index contributed by atoms with van der Waals surface area (Å²) in [6.45, 7) is 0. The van der Waals surface area contributed by atoms with Crippen molar-refractivity contribution in [3.63, 3.8) is 0 Å². The fourth-order valence-electron chi connectivity index (χ4n) is 1.67. The van der Waals surface area contributed by atoms with Crippen molar-refractivity contribution in [2.75, 3.05) is 14.2 Å². The first-order valence-electron chi connectivity index (χ1n) is 4.69. The molecule has 1 aliphatic carbocycles. The Labute approximate surface area is 84.0 Å². The third kappa shape index (κ3) is 3.33. The molecule has 0 aliphatic heterocycles. The van der Waals surface area contributed by atoms with Crippen molar-refractivity contribution >= 4 is 7.82 Å². The zero-order valence-corrected chi connectivity index (χ0v) is 9.40. The van der Waals surface area contributed by atoms with Crippen LogP contribution in [0.4, 0.5) is 0 Å². The molecule has 5 nitrogen and oxygen atoms in total. The van der Waals surface area contributed by atoms with Gasteiger partial charge in [0.15, 0.2) is 0 Å². The SMILES string of the molecule is COC1CCCCC1OP(=O)(O)OC. The molecule has 1 aliphatic rings. The molecular weight excluding hydrogens is 207 g/mol. The maximum absolute atomic E-state index is 11.2. The third-order valence-corrected chi connectivity index (χ3v) is 3.44. The van der Waals surface area contributed by atoms with E-state index in [2.05, 4.69) is 4.52 Å². The molecule has 84 valence electrons. The van der Waals surface area contributed by atoms with Crippen LogP contribution in [0.2, 0.25) is 0 Å². The molecule has 1 N–H and O–H groups in total. The van der Waals surface area contributed by atoms with Crippen LogP contribution in [-0.4, -0.2) is 31.3 Å². The molecule has 1 fully saturated rings. The van der Waals surface area contributed by atoms with Crippen LogP contribution in [0.25, 0.3) is 0 Å². The van der Waals surface area contributed by atoms with Crippen molar-refractivity contribution in [2.24, 2.45) is 0 Å². The van der Waals surface area contributed by atoms with Crippen LogP contribution in [0.15, 0.2) is 0 Å². The molecule has 3 atom stereocenters. The highest BCUT2D eigenvalue weighted by atomic mass is 31.2. The van der Waals surface area contributed by atoms with Crippen molar-refractivity contribution in [1.82, 2.24) is 0 Å². The summed E-state index contributed by atoms with van der Waals surface area (Å²) in [7, 11) is -1.13. The Hall–Kier alpha value is 0.0700. The Bertz CT molecular complexity index is 220. The normalized spacial score (nSPS) is 32.5. The number of hydrogen-bond acceptors (Lipinski definition) is 4. The second kappa shape index (κ2) is 5.24. The van der Waals surface area contributed by atoms with Gasteiger partial charge in [-0.1, -0.05) is 12.8 Å². The van der Waals surface area contributed by atoms with Crippen LogP contribution in [0, 0.1) is 0 Å². The van der Waals surface area contributed by atoms with E-state index < -0.39 is 7.82 Å². The summed E-state index contributed by atoms with van der Waals surface area (Å²) in [6, 6.07) is 0. The summed E-state index contributed by atoms with van der Waals surface area (Å²) in [5.41, 5.74) is 0. The van der Waals surface area contributed by atoms with Gasteiger partial charge in [0.1, 0.15) is 0 Å². The highest BCUT2D eigenvalue weighted by Gasteiger charge is 2.32. The van der Waals surface area contributed by atoms with Gasteiger partial charge >= 0.3 is 7.82 Å². The van der Waals surface area contributed by atoms with E-state index >= 15 is 0 Å². The van der Waals surface area contributed by atoms with E-state index in [4.69, 9.17) is 14.2 Å². The van der Waals surface area contributed by atoms with Gasteiger partial charge in [0, 0.05) is 14.2 Å². The van der Waals surface area contributed by atoms with Gasteiger partial charge in [-0.05, 0) is 12.8 Å². The number of methoxy groups -OCH3 is 1. The zero-order valence-electron chi connectivity index (χ0n) is 8.51. The molecule has 0 radical (unpaired) electrons. The Balaban J connectivity index is 2.52. The number of ether oxygens (including phenoxy) is 1. The average molecular weight is 224 g/mol. The van der Waals surface area contributed by atoms with Crippen LogP contribution in [0.5, 0.6) is 0 Å². The highest BCUT2D eigenvalue weighted by Crippen LogP contribution is 2.46. The van der Waals surface area contributed by atoms with Crippen LogP contribution < -0.4 is 0 Å². The molecule has 3 unspecified atom stereocenters. The predicted molar refractivity (Wildman–Crippen MR) is 51.0 cm³/mol. The van der Waals surface area contributed by atoms with Gasteiger partial charge in [0.05, 0.1) is 12.2 Å². The van der Waals surface area contributed by atoms with E-state index in [9.17, 15) is 4.57 Å². The molecule has 0 saturated heterocycles. The molecule has 14 heavy (non-hydrogen) atoms. The molecule has 0 heterocycles. The molecule has 0 aromatic heterocycles. The lowest BCUT2D eigenvalue weighted by Gasteiger charge is -2.30. The van der Waals surface area contributed by atoms with Crippen LogP contribution >= 0.6 is 7.82 Å². The largest absolute Gasteiger partial charge is 0.472 e. The Morgan fingerprint density at radius 3 is 2.29 bits per heavy atom. The lowest BCUT2D eigenvalue weighted by atomic mass is 9.95. The summed E-state index contributed by atoms with van der Waals surface area (Å²) < 4.78 is 25.7. The van der Waals surface area contributed by atoms with Crippen molar-refractivity contribution in [3.8, 4) is 0 Å². The summed E-state index contributed by atoms with van der Waals surface area (Å²) >= 11 is 0. The second-order valence-electron chi connectivity index (χ2n) is 3.35. The number of phosphoric acid groups is 1. The highest BCUT2D eigenvalue weighted by molar-refractivity contribution is 7.47. The topological polar surface area (TPSA) is 65.0 Å². The first kappa shape index (κ1) is 12.1. The van der Waals surface area contributed by atoms with E-state index in [-0.39, 0.29) is 12.2 Å². The molecule has 1 rings (SSSR count). The Morgan fingerprint density at radius 2 is 1.79 bits per heavy atom. The summed E-state index contributed by atoms with van der Waals surface area (Å²) in [4.78, 5) is 9.14. The summed E-state index contributed by atoms with van der Waals surface area (Å²) in [5.74, 6) is 0. The quantitative estimate of drug-likeness (QED) is 0.736. The minimum absolute atomic E-state index is 0.0978. The second-order valence-corrected chi connectivity index (χ2v) is 4.87. The van der Waals surface area contributed by atoms with E-state index in [1.54, 1.807) is 7.11 Å². The first-order valence-corrected chi connectivity index (χ1v) is 6.18. The van der Waals surface area contributed by atoms with Gasteiger partial charge in [-0.15, -0.1) is 0 Å². The third-order valence-electron chi connectivity index (χ3n) is 2.44.